The molecule has 0 radical (unpaired) electrons. The van der Waals surface area contributed by atoms with E-state index in [1.807, 2.05) is 30.3 Å². The van der Waals surface area contributed by atoms with Crippen LogP contribution in [0.1, 0.15) is 22.3 Å². The van der Waals surface area contributed by atoms with E-state index in [1.165, 1.54) is 50.1 Å². The Morgan fingerprint density at radius 1 is 0.306 bits per heavy atom. The van der Waals surface area contributed by atoms with Gasteiger partial charge in [0.25, 0.3) is 0 Å². The summed E-state index contributed by atoms with van der Waals surface area (Å²) in [6.07, 6.45) is 0. The summed E-state index contributed by atoms with van der Waals surface area (Å²) < 4.78 is 6.38. The highest BCUT2D eigenvalue weighted by atomic mass is 16.3. The van der Waals surface area contributed by atoms with Crippen LogP contribution in [-0.2, 0) is 5.41 Å². The van der Waals surface area contributed by atoms with Gasteiger partial charge in [0, 0.05) is 27.5 Å². The third-order valence-electron chi connectivity index (χ3n) is 13.0. The van der Waals surface area contributed by atoms with E-state index in [4.69, 9.17) is 19.4 Å². The second kappa shape index (κ2) is 13.4. The Labute approximate surface area is 358 Å². The zero-order valence-electron chi connectivity index (χ0n) is 33.5. The van der Waals surface area contributed by atoms with E-state index in [-0.39, 0.29) is 0 Å². The smallest absolute Gasteiger partial charge is 0.164 e. The number of rotatable bonds is 5. The van der Waals surface area contributed by atoms with Gasteiger partial charge >= 0.3 is 0 Å². The molecule has 9 aromatic carbocycles. The van der Waals surface area contributed by atoms with Crippen molar-refractivity contribution in [1.82, 2.24) is 15.0 Å². The van der Waals surface area contributed by atoms with Crippen molar-refractivity contribution in [3.8, 4) is 78.7 Å². The van der Waals surface area contributed by atoms with Gasteiger partial charge in [0.1, 0.15) is 11.2 Å². The lowest BCUT2D eigenvalue weighted by atomic mass is 9.70. The first kappa shape index (κ1) is 34.6. The molecule has 62 heavy (non-hydrogen) atoms. The van der Waals surface area contributed by atoms with Crippen LogP contribution in [0, 0.1) is 0 Å². The van der Waals surface area contributed by atoms with Gasteiger partial charge in [0.15, 0.2) is 17.5 Å². The lowest BCUT2D eigenvalue weighted by Gasteiger charge is -2.30. The highest BCUT2D eigenvalue weighted by Crippen LogP contribution is 2.63. The number of hydrogen-bond acceptors (Lipinski definition) is 4. The van der Waals surface area contributed by atoms with E-state index in [0.717, 1.165) is 55.3 Å². The fourth-order valence-electron chi connectivity index (χ4n) is 10.4. The lowest BCUT2D eigenvalue weighted by molar-refractivity contribution is 0.669. The SMILES string of the molecule is c1ccc(-c2ccc(-c3cccc(-c4nc(-c5cccc6c5-c5ccccc5C65c6ccccc6-c6ccccc65)nc(-c5cccc6oc7ccccc7c56)n4)c3)cc2)cc1. The maximum Gasteiger partial charge on any atom is 0.164 e. The largest absolute Gasteiger partial charge is 0.456 e. The minimum absolute atomic E-state index is 0.487. The van der Waals surface area contributed by atoms with Gasteiger partial charge in [-0.15, -0.1) is 0 Å². The summed E-state index contributed by atoms with van der Waals surface area (Å²) in [5.41, 5.74) is 18.5. The molecule has 1 spiro atoms. The Morgan fingerprint density at radius 2 is 0.774 bits per heavy atom. The van der Waals surface area contributed by atoms with Crippen molar-refractivity contribution in [3.63, 3.8) is 0 Å². The molecule has 4 nitrogen and oxygen atoms in total. The van der Waals surface area contributed by atoms with Crippen LogP contribution in [0.2, 0.25) is 0 Å². The lowest BCUT2D eigenvalue weighted by Crippen LogP contribution is -2.25. The molecule has 0 amide bonds. The molecule has 13 rings (SSSR count). The van der Waals surface area contributed by atoms with Crippen molar-refractivity contribution in [2.75, 3.05) is 0 Å². The van der Waals surface area contributed by atoms with Crippen molar-refractivity contribution in [3.05, 3.63) is 235 Å². The minimum Gasteiger partial charge on any atom is -0.456 e. The first-order valence-corrected chi connectivity index (χ1v) is 21.1. The van der Waals surface area contributed by atoms with E-state index >= 15 is 0 Å². The number of benzene rings is 9. The highest BCUT2D eigenvalue weighted by Gasteiger charge is 2.52. The van der Waals surface area contributed by atoms with Crippen LogP contribution in [0.5, 0.6) is 0 Å². The summed E-state index contributed by atoms with van der Waals surface area (Å²) in [7, 11) is 0. The Bertz CT molecular complexity index is 3540. The molecular weight excluding hydrogens is 755 g/mol. The van der Waals surface area contributed by atoms with Crippen molar-refractivity contribution >= 4 is 21.9 Å². The van der Waals surface area contributed by atoms with Crippen LogP contribution >= 0.6 is 0 Å². The van der Waals surface area contributed by atoms with Crippen LogP contribution in [0.4, 0.5) is 0 Å². The van der Waals surface area contributed by atoms with E-state index in [0.29, 0.717) is 17.5 Å². The second-order valence-electron chi connectivity index (χ2n) is 16.2. The molecule has 0 N–H and O–H groups in total. The normalized spacial score (nSPS) is 13.0. The minimum atomic E-state index is -0.487. The number of furan rings is 1. The first-order chi connectivity index (χ1) is 30.7. The molecule has 4 heteroatoms. The number of para-hydroxylation sites is 1. The number of fused-ring (bicyclic) bond motifs is 13. The summed E-state index contributed by atoms with van der Waals surface area (Å²) in [5, 5.41) is 2.01. The molecule has 2 aliphatic carbocycles. The molecule has 288 valence electrons. The van der Waals surface area contributed by atoms with Gasteiger partial charge in [-0.3, -0.25) is 0 Å². The van der Waals surface area contributed by atoms with Crippen LogP contribution in [-0.4, -0.2) is 15.0 Å². The monoisotopic (exact) mass is 789 g/mol. The van der Waals surface area contributed by atoms with Gasteiger partial charge in [-0.1, -0.05) is 194 Å². The molecule has 11 aromatic rings. The van der Waals surface area contributed by atoms with Gasteiger partial charge in [0.05, 0.1) is 5.41 Å². The van der Waals surface area contributed by atoms with Gasteiger partial charge in [-0.2, -0.15) is 0 Å². The number of hydrogen-bond donors (Lipinski definition) is 0. The Kier molecular flexibility index (Phi) is 7.49. The topological polar surface area (TPSA) is 51.8 Å². The first-order valence-electron chi connectivity index (χ1n) is 21.1. The third-order valence-corrected chi connectivity index (χ3v) is 13.0. The molecule has 2 aliphatic rings. The molecular formula is C58H35N3O. The molecule has 0 saturated heterocycles. The Balaban J connectivity index is 1.04. The van der Waals surface area contributed by atoms with Crippen molar-refractivity contribution in [1.29, 1.82) is 0 Å². The fourth-order valence-corrected chi connectivity index (χ4v) is 10.4. The van der Waals surface area contributed by atoms with Crippen molar-refractivity contribution in [2.24, 2.45) is 0 Å². The molecule has 2 heterocycles. The summed E-state index contributed by atoms with van der Waals surface area (Å²) >= 11 is 0. The van der Waals surface area contributed by atoms with Crippen LogP contribution in [0.25, 0.3) is 101 Å². The summed E-state index contributed by atoms with van der Waals surface area (Å²) in [4.78, 5) is 16.2. The summed E-state index contributed by atoms with van der Waals surface area (Å²) in [5.74, 6) is 1.82. The molecule has 0 unspecified atom stereocenters. The van der Waals surface area contributed by atoms with E-state index in [9.17, 15) is 0 Å². The van der Waals surface area contributed by atoms with Gasteiger partial charge in [-0.25, -0.2) is 15.0 Å². The highest BCUT2D eigenvalue weighted by molar-refractivity contribution is 6.12. The molecule has 0 atom stereocenters. The summed E-state index contributed by atoms with van der Waals surface area (Å²) in [6, 6.07) is 75.5. The molecule has 2 aromatic heterocycles. The molecule has 0 aliphatic heterocycles. The van der Waals surface area contributed by atoms with Crippen LogP contribution < -0.4 is 0 Å². The van der Waals surface area contributed by atoms with Crippen molar-refractivity contribution in [2.45, 2.75) is 5.41 Å². The van der Waals surface area contributed by atoms with E-state index in [1.54, 1.807) is 0 Å². The predicted octanol–water partition coefficient (Wildman–Crippen LogP) is 14.4. The van der Waals surface area contributed by atoms with Gasteiger partial charge in [-0.05, 0) is 85.0 Å². The quantitative estimate of drug-likeness (QED) is 0.174. The predicted molar refractivity (Wildman–Crippen MR) is 251 cm³/mol. The van der Waals surface area contributed by atoms with E-state index in [2.05, 4.69) is 182 Å². The van der Waals surface area contributed by atoms with Crippen molar-refractivity contribution < 1.29 is 4.42 Å². The number of aromatic nitrogens is 3. The zero-order chi connectivity index (χ0) is 40.8. The zero-order valence-corrected chi connectivity index (χ0v) is 33.5. The molecule has 0 fully saturated rings. The fraction of sp³-hybridized carbons (Fsp3) is 0.0172. The second-order valence-corrected chi connectivity index (χ2v) is 16.2. The summed E-state index contributed by atoms with van der Waals surface area (Å²) in [6.45, 7) is 0. The average molecular weight is 790 g/mol. The van der Waals surface area contributed by atoms with E-state index < -0.39 is 5.41 Å². The Morgan fingerprint density at radius 3 is 1.53 bits per heavy atom. The molecule has 0 saturated carbocycles. The van der Waals surface area contributed by atoms with Crippen LogP contribution in [0.15, 0.2) is 217 Å². The number of nitrogens with zero attached hydrogens (tertiary/aromatic N) is 3. The standard InChI is InChI=1S/C58H35N3O/c1-2-15-36(16-3-1)37-31-33-38(34-32-37)39-17-12-18-40(35-39)55-59-56(61-57(60-55)46-24-14-30-52-54(46)44-22-7-11-29-51(44)62-52)45-23-13-28-50-53(45)43-21-6-10-27-49(43)58(50)47-25-8-4-19-41(47)42-20-5-9-26-48(42)58/h1-35H. The van der Waals surface area contributed by atoms with Gasteiger partial charge in [0.2, 0.25) is 0 Å². The van der Waals surface area contributed by atoms with Gasteiger partial charge < -0.3 is 4.42 Å². The maximum atomic E-state index is 6.38. The van der Waals surface area contributed by atoms with Crippen LogP contribution in [0.3, 0.4) is 0 Å². The maximum absolute atomic E-state index is 6.38. The Hall–Kier alpha value is -8.21. The average Bonchev–Trinajstić information content (AvgIpc) is 3.99. The third kappa shape index (κ3) is 4.98. The molecule has 0 bridgehead atoms.